The van der Waals surface area contributed by atoms with Gasteiger partial charge in [-0.2, -0.15) is 11.3 Å². The van der Waals surface area contributed by atoms with E-state index in [9.17, 15) is 14.4 Å². The van der Waals surface area contributed by atoms with Gasteiger partial charge in [-0.1, -0.05) is 0 Å². The summed E-state index contributed by atoms with van der Waals surface area (Å²) in [4.78, 5) is 36.8. The first-order valence-corrected chi connectivity index (χ1v) is 8.36. The summed E-state index contributed by atoms with van der Waals surface area (Å²) in [5.74, 6) is -0.960. The van der Waals surface area contributed by atoms with Crippen molar-refractivity contribution in [3.63, 3.8) is 0 Å². The van der Waals surface area contributed by atoms with Gasteiger partial charge in [-0.25, -0.2) is 0 Å². The topological polar surface area (TPSA) is 84.9 Å². The van der Waals surface area contributed by atoms with Crippen molar-refractivity contribution in [3.05, 3.63) is 22.4 Å². The van der Waals surface area contributed by atoms with E-state index in [-0.39, 0.29) is 37.5 Å². The van der Waals surface area contributed by atoms with Gasteiger partial charge in [0.15, 0.2) is 6.61 Å². The van der Waals surface area contributed by atoms with E-state index in [4.69, 9.17) is 9.47 Å². The molecular formula is C15H20N2O5S. The number of rotatable bonds is 6. The highest BCUT2D eigenvalue weighted by Gasteiger charge is 2.22. The summed E-state index contributed by atoms with van der Waals surface area (Å²) in [5, 5.41) is 6.17. The van der Waals surface area contributed by atoms with E-state index in [0.717, 1.165) is 0 Å². The maximum atomic E-state index is 11.9. The number of morpholine rings is 1. The molecule has 7 nitrogen and oxygen atoms in total. The van der Waals surface area contributed by atoms with Crippen molar-refractivity contribution in [3.8, 4) is 0 Å². The van der Waals surface area contributed by atoms with Gasteiger partial charge >= 0.3 is 5.97 Å². The van der Waals surface area contributed by atoms with Crippen molar-refractivity contribution in [1.82, 2.24) is 10.2 Å². The molecule has 1 atom stereocenters. The third-order valence-corrected chi connectivity index (χ3v) is 4.03. The van der Waals surface area contributed by atoms with E-state index in [1.807, 2.05) is 6.92 Å². The van der Waals surface area contributed by atoms with Crippen LogP contribution in [0, 0.1) is 0 Å². The number of thiophene rings is 1. The molecule has 1 unspecified atom stereocenters. The van der Waals surface area contributed by atoms with Crippen molar-refractivity contribution in [2.24, 2.45) is 0 Å². The van der Waals surface area contributed by atoms with Crippen LogP contribution in [0.15, 0.2) is 16.8 Å². The van der Waals surface area contributed by atoms with Crippen molar-refractivity contribution in [2.45, 2.75) is 19.4 Å². The molecule has 1 aliphatic heterocycles. The molecule has 1 aromatic heterocycles. The van der Waals surface area contributed by atoms with Gasteiger partial charge in [-0.15, -0.1) is 0 Å². The molecule has 0 saturated carbocycles. The third-order valence-electron chi connectivity index (χ3n) is 3.35. The number of amides is 2. The van der Waals surface area contributed by atoms with Crippen LogP contribution in [0.3, 0.4) is 0 Å². The third kappa shape index (κ3) is 5.65. The molecule has 2 amide bonds. The van der Waals surface area contributed by atoms with E-state index in [1.54, 1.807) is 21.7 Å². The number of ether oxygens (including phenoxy) is 2. The molecule has 0 aromatic carbocycles. The van der Waals surface area contributed by atoms with Crippen LogP contribution in [0.4, 0.5) is 0 Å². The van der Waals surface area contributed by atoms with Gasteiger partial charge in [0.1, 0.15) is 0 Å². The summed E-state index contributed by atoms with van der Waals surface area (Å²) in [6.07, 6.45) is 0.0265. The van der Waals surface area contributed by atoms with Gasteiger partial charge in [-0.05, 0) is 18.4 Å². The minimum absolute atomic E-state index is 0.00396. The first-order chi connectivity index (χ1) is 11.1. The first kappa shape index (κ1) is 17.4. The van der Waals surface area contributed by atoms with Gasteiger partial charge in [-0.3, -0.25) is 14.4 Å². The molecule has 23 heavy (non-hydrogen) atoms. The number of esters is 1. The van der Waals surface area contributed by atoms with E-state index < -0.39 is 5.97 Å². The summed E-state index contributed by atoms with van der Waals surface area (Å²) in [5.41, 5.74) is 0.569. The van der Waals surface area contributed by atoms with Gasteiger partial charge < -0.3 is 19.7 Å². The van der Waals surface area contributed by atoms with Crippen molar-refractivity contribution in [2.75, 3.05) is 32.8 Å². The predicted molar refractivity (Wildman–Crippen MR) is 84.2 cm³/mol. The van der Waals surface area contributed by atoms with Crippen molar-refractivity contribution < 1.29 is 23.9 Å². The average molecular weight is 340 g/mol. The summed E-state index contributed by atoms with van der Waals surface area (Å²) in [6.45, 7) is 3.31. The van der Waals surface area contributed by atoms with Crippen LogP contribution >= 0.6 is 11.3 Å². The summed E-state index contributed by atoms with van der Waals surface area (Å²) >= 11 is 1.43. The van der Waals surface area contributed by atoms with Crippen LogP contribution < -0.4 is 5.32 Å². The normalized spacial score (nSPS) is 17.6. The standard InChI is InChI=1S/C15H20N2O5S/c1-11-8-17(5-6-21-11)13(18)9-22-14(19)2-4-16-15(20)12-3-7-23-10-12/h3,7,10-11H,2,4-6,8-9H2,1H3,(H,16,20). The maximum absolute atomic E-state index is 11.9. The van der Waals surface area contributed by atoms with Crippen LogP contribution in [0.25, 0.3) is 0 Å². The van der Waals surface area contributed by atoms with Gasteiger partial charge in [0.05, 0.1) is 19.1 Å². The second-order valence-electron chi connectivity index (χ2n) is 5.20. The Morgan fingerprint density at radius 1 is 1.48 bits per heavy atom. The highest BCUT2D eigenvalue weighted by molar-refractivity contribution is 7.08. The van der Waals surface area contributed by atoms with E-state index >= 15 is 0 Å². The van der Waals surface area contributed by atoms with Gasteiger partial charge in [0.2, 0.25) is 0 Å². The quantitative estimate of drug-likeness (QED) is 0.769. The average Bonchev–Trinajstić information content (AvgIpc) is 3.07. The zero-order valence-corrected chi connectivity index (χ0v) is 13.8. The smallest absolute Gasteiger partial charge is 0.308 e. The second kappa shape index (κ2) is 8.64. The molecule has 1 saturated heterocycles. The summed E-state index contributed by atoms with van der Waals surface area (Å²) in [7, 11) is 0. The maximum Gasteiger partial charge on any atom is 0.308 e. The monoisotopic (exact) mass is 340 g/mol. The number of nitrogens with one attached hydrogen (secondary N) is 1. The zero-order valence-electron chi connectivity index (χ0n) is 12.9. The molecular weight excluding hydrogens is 320 g/mol. The van der Waals surface area contributed by atoms with Crippen LogP contribution in [-0.4, -0.2) is 61.6 Å². The van der Waals surface area contributed by atoms with Crippen molar-refractivity contribution in [1.29, 1.82) is 0 Å². The Kier molecular flexibility index (Phi) is 6.54. The predicted octanol–water partition coefficient (Wildman–Crippen LogP) is 0.659. The fourth-order valence-electron chi connectivity index (χ4n) is 2.12. The van der Waals surface area contributed by atoms with Crippen LogP contribution in [0.5, 0.6) is 0 Å². The fraction of sp³-hybridized carbons (Fsp3) is 0.533. The number of nitrogens with zero attached hydrogens (tertiary/aromatic N) is 1. The summed E-state index contributed by atoms with van der Waals surface area (Å²) < 4.78 is 10.3. The van der Waals surface area contributed by atoms with Crippen LogP contribution in [0.1, 0.15) is 23.7 Å². The van der Waals surface area contributed by atoms with Gasteiger partial charge in [0, 0.05) is 30.6 Å². The number of hydrogen-bond donors (Lipinski definition) is 1. The molecule has 2 rings (SSSR count). The first-order valence-electron chi connectivity index (χ1n) is 7.41. The summed E-state index contributed by atoms with van der Waals surface area (Å²) in [6, 6.07) is 1.71. The van der Waals surface area contributed by atoms with E-state index in [0.29, 0.717) is 25.3 Å². The second-order valence-corrected chi connectivity index (χ2v) is 5.98. The Morgan fingerprint density at radius 3 is 3.00 bits per heavy atom. The molecule has 0 radical (unpaired) electrons. The fourth-order valence-corrected chi connectivity index (χ4v) is 2.76. The number of carbonyl (C=O) groups excluding carboxylic acids is 3. The highest BCUT2D eigenvalue weighted by Crippen LogP contribution is 2.06. The molecule has 126 valence electrons. The number of hydrogen-bond acceptors (Lipinski definition) is 6. The Bertz CT molecular complexity index is 546. The molecule has 1 aliphatic rings. The lowest BCUT2D eigenvalue weighted by atomic mass is 10.3. The largest absolute Gasteiger partial charge is 0.456 e. The molecule has 8 heteroatoms. The number of carbonyl (C=O) groups is 3. The van der Waals surface area contributed by atoms with Crippen LogP contribution in [0.2, 0.25) is 0 Å². The lowest BCUT2D eigenvalue weighted by Crippen LogP contribution is -2.46. The van der Waals surface area contributed by atoms with Gasteiger partial charge in [0.25, 0.3) is 11.8 Å². The minimum atomic E-state index is -0.509. The molecule has 0 aliphatic carbocycles. The highest BCUT2D eigenvalue weighted by atomic mass is 32.1. The molecule has 1 aromatic rings. The lowest BCUT2D eigenvalue weighted by Gasteiger charge is -2.30. The lowest BCUT2D eigenvalue weighted by molar-refractivity contribution is -0.154. The minimum Gasteiger partial charge on any atom is -0.456 e. The molecule has 0 spiro atoms. The SMILES string of the molecule is CC1CN(C(=O)COC(=O)CCNC(=O)c2ccsc2)CCO1. The zero-order chi connectivity index (χ0) is 16.7. The molecule has 0 bridgehead atoms. The van der Waals surface area contributed by atoms with E-state index in [2.05, 4.69) is 5.32 Å². The van der Waals surface area contributed by atoms with Crippen molar-refractivity contribution >= 4 is 29.1 Å². The molecule has 1 N–H and O–H groups in total. The Balaban J connectivity index is 1.61. The van der Waals surface area contributed by atoms with Crippen LogP contribution in [-0.2, 0) is 19.1 Å². The molecule has 2 heterocycles. The molecule has 1 fully saturated rings. The van der Waals surface area contributed by atoms with E-state index in [1.165, 1.54) is 11.3 Å². The Morgan fingerprint density at radius 2 is 2.30 bits per heavy atom. The Labute approximate surface area is 138 Å². The Hall–Kier alpha value is -1.93.